The smallest absolute Gasteiger partial charge is 0.250 e. The van der Waals surface area contributed by atoms with E-state index < -0.39 is 0 Å². The van der Waals surface area contributed by atoms with Crippen LogP contribution in [0.2, 0.25) is 0 Å². The number of nitrogens with two attached hydrogens (primary N) is 1. The summed E-state index contributed by atoms with van der Waals surface area (Å²) in [6.45, 7) is 3.85. The molecule has 0 atom stereocenters. The van der Waals surface area contributed by atoms with E-state index in [1.54, 1.807) is 29.0 Å². The number of nitrogen functional groups attached to an aromatic ring is 1. The molecule has 2 aromatic heterocycles. The van der Waals surface area contributed by atoms with Crippen molar-refractivity contribution in [1.82, 2.24) is 14.5 Å². The van der Waals surface area contributed by atoms with Crippen LogP contribution in [0, 0.1) is 5.82 Å². The van der Waals surface area contributed by atoms with Crippen LogP contribution in [0.15, 0.2) is 53.6 Å². The van der Waals surface area contributed by atoms with Gasteiger partial charge in [0.1, 0.15) is 11.6 Å². The number of halogens is 1. The minimum absolute atomic E-state index is 0.0109. The van der Waals surface area contributed by atoms with E-state index in [0.29, 0.717) is 17.0 Å². The van der Waals surface area contributed by atoms with Crippen LogP contribution in [0.4, 0.5) is 10.2 Å². The summed E-state index contributed by atoms with van der Waals surface area (Å²) >= 11 is 0. The zero-order chi connectivity index (χ0) is 17.3. The lowest BCUT2D eigenvalue weighted by Crippen LogP contribution is -2.20. The maximum absolute atomic E-state index is 13.6. The molecule has 3 rings (SSSR count). The van der Waals surface area contributed by atoms with Gasteiger partial charge in [-0.2, -0.15) is 0 Å². The van der Waals surface area contributed by atoms with Crippen LogP contribution < -0.4 is 11.3 Å². The van der Waals surface area contributed by atoms with E-state index in [-0.39, 0.29) is 23.2 Å². The van der Waals surface area contributed by atoms with Gasteiger partial charge in [0.15, 0.2) is 0 Å². The van der Waals surface area contributed by atoms with E-state index in [1.165, 1.54) is 24.4 Å². The second-order valence-corrected chi connectivity index (χ2v) is 5.76. The Morgan fingerprint density at radius 1 is 1.12 bits per heavy atom. The largest absolute Gasteiger partial charge is 0.382 e. The van der Waals surface area contributed by atoms with Crippen molar-refractivity contribution in [3.8, 4) is 22.5 Å². The molecule has 0 aliphatic heterocycles. The molecule has 0 spiro atoms. The normalized spacial score (nSPS) is 11.0. The minimum Gasteiger partial charge on any atom is -0.382 e. The number of pyridine rings is 1. The number of hydrogen-bond donors (Lipinski definition) is 1. The second kappa shape index (κ2) is 6.23. The van der Waals surface area contributed by atoms with Gasteiger partial charge in [-0.05, 0) is 32.0 Å². The van der Waals surface area contributed by atoms with Crippen molar-refractivity contribution in [1.29, 1.82) is 0 Å². The van der Waals surface area contributed by atoms with E-state index in [1.807, 2.05) is 13.8 Å². The van der Waals surface area contributed by atoms with Crippen molar-refractivity contribution in [2.45, 2.75) is 19.9 Å². The van der Waals surface area contributed by atoms with Gasteiger partial charge in [0.2, 0.25) is 0 Å². The van der Waals surface area contributed by atoms with Gasteiger partial charge >= 0.3 is 0 Å². The van der Waals surface area contributed by atoms with Crippen LogP contribution in [0.25, 0.3) is 22.5 Å². The van der Waals surface area contributed by atoms with Gasteiger partial charge in [0.05, 0.1) is 17.6 Å². The Morgan fingerprint density at radius 2 is 1.92 bits per heavy atom. The van der Waals surface area contributed by atoms with Crippen LogP contribution in [0.3, 0.4) is 0 Å². The average molecular weight is 324 g/mol. The SMILES string of the molecule is CC(C)n1cc(-c2ncc(N)nc2-c2cccc(F)c2)ccc1=O. The predicted molar refractivity (Wildman–Crippen MR) is 91.9 cm³/mol. The Bertz CT molecular complexity index is 950. The lowest BCUT2D eigenvalue weighted by Gasteiger charge is -2.13. The third kappa shape index (κ3) is 3.03. The molecule has 0 radical (unpaired) electrons. The van der Waals surface area contributed by atoms with Crippen LogP contribution in [-0.4, -0.2) is 14.5 Å². The first-order valence-electron chi connectivity index (χ1n) is 7.56. The Morgan fingerprint density at radius 3 is 2.62 bits per heavy atom. The first-order valence-corrected chi connectivity index (χ1v) is 7.56. The molecule has 0 saturated carbocycles. The molecule has 2 N–H and O–H groups in total. The fourth-order valence-electron chi connectivity index (χ4n) is 2.50. The molecule has 0 unspecified atom stereocenters. The lowest BCUT2D eigenvalue weighted by molar-refractivity contribution is 0.579. The molecule has 5 nitrogen and oxygen atoms in total. The van der Waals surface area contributed by atoms with Crippen LogP contribution >= 0.6 is 0 Å². The Balaban J connectivity index is 2.23. The highest BCUT2D eigenvalue weighted by atomic mass is 19.1. The summed E-state index contributed by atoms with van der Waals surface area (Å²) in [5, 5.41) is 0. The number of benzene rings is 1. The Kier molecular flexibility index (Phi) is 4.12. The van der Waals surface area contributed by atoms with Crippen molar-refractivity contribution < 1.29 is 4.39 Å². The second-order valence-electron chi connectivity index (χ2n) is 5.76. The lowest BCUT2D eigenvalue weighted by atomic mass is 10.1. The fraction of sp³-hybridized carbons (Fsp3) is 0.167. The Hall–Kier alpha value is -3.02. The first-order chi connectivity index (χ1) is 11.5. The van der Waals surface area contributed by atoms with E-state index in [9.17, 15) is 9.18 Å². The Labute approximate surface area is 138 Å². The van der Waals surface area contributed by atoms with Crippen molar-refractivity contribution in [2.24, 2.45) is 0 Å². The third-order valence-corrected chi connectivity index (χ3v) is 3.66. The van der Waals surface area contributed by atoms with E-state index in [4.69, 9.17) is 5.73 Å². The molecule has 0 fully saturated rings. The third-order valence-electron chi connectivity index (χ3n) is 3.66. The van der Waals surface area contributed by atoms with Crippen LogP contribution in [-0.2, 0) is 0 Å². The minimum atomic E-state index is -0.366. The molecule has 122 valence electrons. The molecular formula is C18H17FN4O. The van der Waals surface area contributed by atoms with E-state index >= 15 is 0 Å². The van der Waals surface area contributed by atoms with Crippen molar-refractivity contribution in [2.75, 3.05) is 5.73 Å². The number of anilines is 1. The molecule has 2 heterocycles. The average Bonchev–Trinajstić information content (AvgIpc) is 2.55. The molecule has 0 saturated heterocycles. The molecule has 1 aromatic carbocycles. The highest BCUT2D eigenvalue weighted by Crippen LogP contribution is 2.29. The summed E-state index contributed by atoms with van der Waals surface area (Å²) in [7, 11) is 0. The van der Waals surface area contributed by atoms with Crippen molar-refractivity contribution >= 4 is 5.82 Å². The highest BCUT2D eigenvalue weighted by Gasteiger charge is 2.14. The highest BCUT2D eigenvalue weighted by molar-refractivity contribution is 5.78. The quantitative estimate of drug-likeness (QED) is 0.802. The van der Waals surface area contributed by atoms with Gasteiger partial charge in [-0.1, -0.05) is 12.1 Å². The predicted octanol–water partition coefficient (Wildman–Crippen LogP) is 3.27. The number of hydrogen-bond acceptors (Lipinski definition) is 4. The zero-order valence-corrected chi connectivity index (χ0v) is 13.4. The summed E-state index contributed by atoms with van der Waals surface area (Å²) in [4.78, 5) is 20.6. The van der Waals surface area contributed by atoms with Crippen LogP contribution in [0.5, 0.6) is 0 Å². The van der Waals surface area contributed by atoms with E-state index in [0.717, 1.165) is 5.56 Å². The number of nitrogens with zero attached hydrogens (tertiary/aromatic N) is 3. The first kappa shape index (κ1) is 15.9. The molecule has 0 aliphatic carbocycles. The van der Waals surface area contributed by atoms with Gasteiger partial charge in [0.25, 0.3) is 5.56 Å². The zero-order valence-electron chi connectivity index (χ0n) is 13.4. The maximum Gasteiger partial charge on any atom is 0.250 e. The molecule has 24 heavy (non-hydrogen) atoms. The molecule has 6 heteroatoms. The molecule has 0 bridgehead atoms. The van der Waals surface area contributed by atoms with Crippen molar-refractivity contribution in [3.63, 3.8) is 0 Å². The summed E-state index contributed by atoms with van der Waals surface area (Å²) in [6, 6.07) is 9.28. The topological polar surface area (TPSA) is 73.8 Å². The van der Waals surface area contributed by atoms with Gasteiger partial charge in [-0.15, -0.1) is 0 Å². The number of rotatable bonds is 3. The summed E-state index contributed by atoms with van der Waals surface area (Å²) in [5.74, 6) is -0.120. The maximum atomic E-state index is 13.6. The molecule has 0 aliphatic rings. The fourth-order valence-corrected chi connectivity index (χ4v) is 2.50. The molecule has 0 amide bonds. The summed E-state index contributed by atoms with van der Waals surface area (Å²) < 4.78 is 15.2. The monoisotopic (exact) mass is 324 g/mol. The standard InChI is InChI=1S/C18H17FN4O/c1-11(2)23-10-13(6-7-16(23)24)17-18(22-15(20)9-21-17)12-4-3-5-14(19)8-12/h3-11H,1-2H3,(H2,20,22). The van der Waals surface area contributed by atoms with Gasteiger partial charge < -0.3 is 10.3 Å². The van der Waals surface area contributed by atoms with Gasteiger partial charge in [0, 0.05) is 29.4 Å². The van der Waals surface area contributed by atoms with Crippen molar-refractivity contribution in [3.05, 3.63) is 65.0 Å². The summed E-state index contributed by atoms with van der Waals surface area (Å²) in [6.07, 6.45) is 3.18. The van der Waals surface area contributed by atoms with Crippen LogP contribution in [0.1, 0.15) is 19.9 Å². The van der Waals surface area contributed by atoms with Gasteiger partial charge in [-0.25, -0.2) is 9.37 Å². The number of aromatic nitrogens is 3. The van der Waals surface area contributed by atoms with E-state index in [2.05, 4.69) is 9.97 Å². The summed E-state index contributed by atoms with van der Waals surface area (Å²) in [5.41, 5.74) is 7.98. The molecular weight excluding hydrogens is 307 g/mol. The molecule has 3 aromatic rings. The van der Waals surface area contributed by atoms with Gasteiger partial charge in [-0.3, -0.25) is 9.78 Å².